The van der Waals surface area contributed by atoms with Crippen LogP contribution in [0.1, 0.15) is 49.3 Å². The first-order chi connectivity index (χ1) is 19.0. The molecule has 222 valence electrons. The molecule has 0 aliphatic heterocycles. The Bertz CT molecular complexity index is 1470. The number of hydrogen-bond acceptors (Lipinski definition) is 7. The Balaban J connectivity index is 1.96. The van der Waals surface area contributed by atoms with Crippen LogP contribution in [0.2, 0.25) is 0 Å². The molecule has 0 aliphatic rings. The Morgan fingerprint density at radius 3 is 2.29 bits per heavy atom. The van der Waals surface area contributed by atoms with E-state index in [2.05, 4.69) is 15.0 Å². The van der Waals surface area contributed by atoms with Crippen LogP contribution < -0.4 is 14.8 Å². The van der Waals surface area contributed by atoms with E-state index in [1.165, 1.54) is 39.3 Å². The second-order valence-corrected chi connectivity index (χ2v) is 14.7. The Kier molecular flexibility index (Phi) is 10.1. The summed E-state index contributed by atoms with van der Waals surface area (Å²) in [4.78, 5) is 16.4. The van der Waals surface area contributed by atoms with Crippen molar-refractivity contribution in [3.05, 3.63) is 89.2 Å². The molecule has 0 fully saturated rings. The van der Waals surface area contributed by atoms with E-state index >= 15 is 4.39 Å². The standard InChI is InChI=1S/C28H34F2N4O5S2/c1-27(2,3)40(36)33-28(4,18-41(37,38)34(5)17-19-7-11-22(39-6)12-8-19)23-15-21(10-13-24(23)30)32-26(35)25-14-9-20(29)16-31-25/h7-16,33H,17-18H2,1-6H3,(H,32,35)/t28-,40?/m0/s1. The topological polar surface area (TPSA) is 124 Å². The van der Waals surface area contributed by atoms with E-state index in [0.717, 1.165) is 22.6 Å². The Morgan fingerprint density at radius 2 is 1.73 bits per heavy atom. The van der Waals surface area contributed by atoms with Crippen LogP contribution in [-0.4, -0.2) is 52.8 Å². The van der Waals surface area contributed by atoms with Gasteiger partial charge in [0.1, 0.15) is 33.4 Å². The number of ether oxygens (including phenoxy) is 1. The van der Waals surface area contributed by atoms with Gasteiger partial charge in [-0.05, 0) is 75.7 Å². The number of halogens is 2. The monoisotopic (exact) mass is 608 g/mol. The molecule has 0 aliphatic carbocycles. The molecule has 9 nitrogen and oxygen atoms in total. The molecular weight excluding hydrogens is 574 g/mol. The van der Waals surface area contributed by atoms with Crippen molar-refractivity contribution in [1.82, 2.24) is 14.0 Å². The molecule has 2 N–H and O–H groups in total. The number of nitrogens with one attached hydrogen (secondary N) is 2. The number of pyridine rings is 1. The summed E-state index contributed by atoms with van der Waals surface area (Å²) >= 11 is -1.80. The number of rotatable bonds is 11. The predicted molar refractivity (Wildman–Crippen MR) is 155 cm³/mol. The minimum Gasteiger partial charge on any atom is -0.598 e. The highest BCUT2D eigenvalue weighted by Gasteiger charge is 2.43. The number of anilines is 1. The Hall–Kier alpha value is -3.10. The smallest absolute Gasteiger partial charge is 0.274 e. The first-order valence-corrected chi connectivity index (χ1v) is 15.3. The quantitative estimate of drug-likeness (QED) is 0.310. The van der Waals surface area contributed by atoms with Crippen LogP contribution in [0.25, 0.3) is 0 Å². The highest BCUT2D eigenvalue weighted by molar-refractivity contribution is 7.91. The molecule has 13 heteroatoms. The molecule has 0 saturated heterocycles. The van der Waals surface area contributed by atoms with Gasteiger partial charge >= 0.3 is 0 Å². The third-order valence-corrected chi connectivity index (χ3v) is 9.93. The van der Waals surface area contributed by atoms with Gasteiger partial charge in [-0.15, -0.1) is 4.72 Å². The summed E-state index contributed by atoms with van der Waals surface area (Å²) in [6.45, 7) is 6.57. The van der Waals surface area contributed by atoms with Crippen molar-refractivity contribution >= 4 is 33.0 Å². The summed E-state index contributed by atoms with van der Waals surface area (Å²) in [6, 6.07) is 12.8. The van der Waals surface area contributed by atoms with E-state index in [9.17, 15) is 22.2 Å². The minimum absolute atomic E-state index is 0.0357. The fraction of sp³-hybridized carbons (Fsp3) is 0.357. The molecule has 0 bridgehead atoms. The number of hydrogen-bond donors (Lipinski definition) is 2. The Labute approximate surface area is 242 Å². The van der Waals surface area contributed by atoms with E-state index < -0.39 is 55.0 Å². The van der Waals surface area contributed by atoms with Crippen molar-refractivity contribution in [2.75, 3.05) is 25.2 Å². The number of carbonyl (C=O) groups is 1. The molecule has 1 amide bonds. The van der Waals surface area contributed by atoms with Gasteiger partial charge in [-0.1, -0.05) is 12.1 Å². The van der Waals surface area contributed by atoms with E-state index in [1.807, 2.05) is 0 Å². The van der Waals surface area contributed by atoms with Crippen LogP contribution in [0.15, 0.2) is 60.8 Å². The molecule has 0 saturated carbocycles. The van der Waals surface area contributed by atoms with E-state index in [4.69, 9.17) is 4.74 Å². The summed E-state index contributed by atoms with van der Waals surface area (Å²) in [5.41, 5.74) is -1.05. The zero-order chi connectivity index (χ0) is 30.6. The lowest BCUT2D eigenvalue weighted by Crippen LogP contribution is -2.54. The zero-order valence-electron chi connectivity index (χ0n) is 23.7. The van der Waals surface area contributed by atoms with Crippen molar-refractivity contribution in [2.45, 2.75) is 44.5 Å². The van der Waals surface area contributed by atoms with Crippen LogP contribution in [-0.2, 0) is 33.5 Å². The Morgan fingerprint density at radius 1 is 1.07 bits per heavy atom. The molecule has 1 aromatic heterocycles. The van der Waals surface area contributed by atoms with Gasteiger partial charge in [0.2, 0.25) is 10.0 Å². The second kappa shape index (κ2) is 12.8. The molecule has 3 aromatic rings. The lowest BCUT2D eigenvalue weighted by Gasteiger charge is -2.36. The minimum atomic E-state index is -4.07. The highest BCUT2D eigenvalue weighted by Crippen LogP contribution is 2.32. The maximum Gasteiger partial charge on any atom is 0.274 e. The van der Waals surface area contributed by atoms with Crippen LogP contribution in [0.4, 0.5) is 14.5 Å². The molecule has 1 heterocycles. The van der Waals surface area contributed by atoms with Gasteiger partial charge in [0.05, 0.1) is 19.1 Å². The van der Waals surface area contributed by atoms with Crippen molar-refractivity contribution in [3.63, 3.8) is 0 Å². The number of carbonyl (C=O) groups excluding carboxylic acids is 1. The normalized spacial score (nSPS) is 14.4. The number of amides is 1. The molecule has 3 rings (SSSR count). The molecule has 0 radical (unpaired) electrons. The number of nitrogens with zero attached hydrogens (tertiary/aromatic N) is 2. The first kappa shape index (κ1) is 32.4. The highest BCUT2D eigenvalue weighted by atomic mass is 32.2. The first-order valence-electron chi connectivity index (χ1n) is 12.5. The van der Waals surface area contributed by atoms with Crippen LogP contribution in [0.5, 0.6) is 5.75 Å². The van der Waals surface area contributed by atoms with Gasteiger partial charge in [0.15, 0.2) is 0 Å². The predicted octanol–water partition coefficient (Wildman–Crippen LogP) is 4.35. The SMILES string of the molecule is COc1ccc(CN(C)S(=O)(=O)C[C@](C)(N[S+]([O-])C(C)(C)C)c2cc(NC(=O)c3ccc(F)cn3)ccc2F)cc1. The molecule has 2 aromatic carbocycles. The van der Waals surface area contributed by atoms with Crippen molar-refractivity contribution in [1.29, 1.82) is 0 Å². The van der Waals surface area contributed by atoms with Crippen LogP contribution in [0.3, 0.4) is 0 Å². The lowest BCUT2D eigenvalue weighted by atomic mass is 9.94. The molecule has 0 spiro atoms. The second-order valence-electron chi connectivity index (χ2n) is 10.7. The molecular formula is C28H34F2N4O5S2. The third-order valence-electron chi connectivity index (χ3n) is 6.16. The largest absolute Gasteiger partial charge is 0.598 e. The van der Waals surface area contributed by atoms with Gasteiger partial charge in [0, 0.05) is 36.2 Å². The number of aromatic nitrogens is 1. The maximum absolute atomic E-state index is 15.4. The van der Waals surface area contributed by atoms with Gasteiger partial charge in [-0.25, -0.2) is 26.5 Å². The molecule has 2 atom stereocenters. The average Bonchev–Trinajstić information content (AvgIpc) is 2.89. The summed E-state index contributed by atoms with van der Waals surface area (Å²) in [5.74, 6) is -2.09. The molecule has 41 heavy (non-hydrogen) atoms. The van der Waals surface area contributed by atoms with Crippen LogP contribution in [0, 0.1) is 11.6 Å². The number of benzene rings is 2. The van der Waals surface area contributed by atoms with Gasteiger partial charge in [0.25, 0.3) is 5.91 Å². The van der Waals surface area contributed by atoms with E-state index in [0.29, 0.717) is 11.3 Å². The van der Waals surface area contributed by atoms with E-state index in [-0.39, 0.29) is 23.5 Å². The zero-order valence-corrected chi connectivity index (χ0v) is 25.3. The summed E-state index contributed by atoms with van der Waals surface area (Å²) in [6.07, 6.45) is 0.890. The van der Waals surface area contributed by atoms with Gasteiger partial charge in [-0.3, -0.25) is 4.79 Å². The van der Waals surface area contributed by atoms with E-state index in [1.54, 1.807) is 45.0 Å². The van der Waals surface area contributed by atoms with Crippen molar-refractivity contribution in [3.8, 4) is 5.75 Å². The lowest BCUT2D eigenvalue weighted by molar-refractivity contribution is 0.102. The number of methoxy groups -OCH3 is 1. The summed E-state index contributed by atoms with van der Waals surface area (Å²) < 4.78 is 77.3. The molecule has 1 unspecified atom stereocenters. The fourth-order valence-corrected chi connectivity index (χ4v) is 6.32. The fourth-order valence-electron chi connectivity index (χ4n) is 3.81. The maximum atomic E-state index is 15.4. The van der Waals surface area contributed by atoms with Gasteiger partial charge in [-0.2, -0.15) is 0 Å². The average molecular weight is 609 g/mol. The number of sulfonamides is 1. The van der Waals surface area contributed by atoms with Crippen molar-refractivity contribution in [2.24, 2.45) is 0 Å². The summed E-state index contributed by atoms with van der Waals surface area (Å²) in [7, 11) is -1.13. The third kappa shape index (κ3) is 8.46. The van der Waals surface area contributed by atoms with Crippen molar-refractivity contribution < 1.29 is 31.3 Å². The van der Waals surface area contributed by atoms with Gasteiger partial charge < -0.3 is 14.6 Å². The van der Waals surface area contributed by atoms with Crippen LogP contribution >= 0.6 is 0 Å². The summed E-state index contributed by atoms with van der Waals surface area (Å²) in [5, 5.41) is 2.56.